The molecule has 0 bridgehead atoms. The van der Waals surface area contributed by atoms with E-state index in [0.717, 1.165) is 45.2 Å². The van der Waals surface area contributed by atoms with E-state index in [2.05, 4.69) is 62.2 Å². The first-order valence-corrected chi connectivity index (χ1v) is 12.4. The smallest absolute Gasteiger partial charge is 0.193 e. The Hall–Kier alpha value is -1.86. The number of piperidine rings is 2. The van der Waals surface area contributed by atoms with Gasteiger partial charge in [-0.05, 0) is 56.0 Å². The van der Waals surface area contributed by atoms with Crippen LogP contribution in [-0.4, -0.2) is 64.6 Å². The highest BCUT2D eigenvalue weighted by Gasteiger charge is 2.29. The second-order valence-electron chi connectivity index (χ2n) is 8.81. The zero-order chi connectivity index (χ0) is 20.8. The summed E-state index contributed by atoms with van der Waals surface area (Å²) >= 11 is 1.87. The van der Waals surface area contributed by atoms with Gasteiger partial charge in [0.15, 0.2) is 5.96 Å². The van der Waals surface area contributed by atoms with Crippen molar-refractivity contribution in [3.05, 3.63) is 41.1 Å². The normalized spacial score (nSPS) is 26.1. The molecule has 3 atom stereocenters. The van der Waals surface area contributed by atoms with Gasteiger partial charge in [0, 0.05) is 56.5 Å². The van der Waals surface area contributed by atoms with Crippen molar-refractivity contribution in [2.75, 3.05) is 39.3 Å². The number of thiophene rings is 1. The Morgan fingerprint density at radius 2 is 2.23 bits per heavy atom. The van der Waals surface area contributed by atoms with Gasteiger partial charge in [-0.1, -0.05) is 13.0 Å². The largest absolute Gasteiger partial charge is 0.357 e. The number of aliphatic imine (C=N–C) groups is 1. The molecular formula is C23H36N6S. The van der Waals surface area contributed by atoms with Gasteiger partial charge in [0.2, 0.25) is 0 Å². The van der Waals surface area contributed by atoms with Gasteiger partial charge < -0.3 is 14.8 Å². The van der Waals surface area contributed by atoms with Crippen molar-refractivity contribution in [3.63, 3.8) is 0 Å². The van der Waals surface area contributed by atoms with Gasteiger partial charge >= 0.3 is 0 Å². The Bertz CT molecular complexity index is 772. The topological polar surface area (TPSA) is 48.7 Å². The summed E-state index contributed by atoms with van der Waals surface area (Å²) in [5.74, 6) is 2.40. The number of guanidine groups is 1. The van der Waals surface area contributed by atoms with Crippen LogP contribution in [0.1, 0.15) is 44.0 Å². The third-order valence-electron chi connectivity index (χ3n) is 6.52. The van der Waals surface area contributed by atoms with Crippen molar-refractivity contribution in [3.8, 4) is 0 Å². The van der Waals surface area contributed by atoms with Crippen LogP contribution in [0, 0.1) is 11.8 Å². The fraction of sp³-hybridized carbons (Fsp3) is 0.652. The molecule has 2 aromatic rings. The van der Waals surface area contributed by atoms with Crippen LogP contribution in [0.25, 0.3) is 0 Å². The van der Waals surface area contributed by atoms with Crippen LogP contribution in [0.5, 0.6) is 0 Å². The molecule has 7 heteroatoms. The minimum absolute atomic E-state index is 0.459. The van der Waals surface area contributed by atoms with E-state index in [4.69, 9.17) is 4.99 Å². The Balaban J connectivity index is 1.37. The highest BCUT2D eigenvalue weighted by molar-refractivity contribution is 7.09. The van der Waals surface area contributed by atoms with E-state index in [1.54, 1.807) is 0 Å². The summed E-state index contributed by atoms with van der Waals surface area (Å²) in [6.07, 6.45) is 9.70. The molecule has 164 valence electrons. The summed E-state index contributed by atoms with van der Waals surface area (Å²) in [6.45, 7) is 11.9. The molecule has 2 saturated heterocycles. The van der Waals surface area contributed by atoms with Crippen LogP contribution in [0.3, 0.4) is 0 Å². The third kappa shape index (κ3) is 5.43. The molecule has 0 amide bonds. The van der Waals surface area contributed by atoms with E-state index < -0.39 is 0 Å². The molecule has 0 aliphatic carbocycles. The average Bonchev–Trinajstić information content (AvgIpc) is 3.46. The molecule has 6 nitrogen and oxygen atoms in total. The van der Waals surface area contributed by atoms with E-state index >= 15 is 0 Å². The lowest BCUT2D eigenvalue weighted by Crippen LogP contribution is -2.49. The standard InChI is InChI=1S/C23H36N6S/c1-3-25-23(28-11-8-19(2)22(17-28)29-12-9-24-18-29)26-14-20-6-4-10-27(15-20)16-21-7-5-13-30-21/h5,7,9,12-13,18-20,22H,3-4,6,8,10-11,14-17H2,1-2H3,(H,25,26). The molecule has 2 aromatic heterocycles. The van der Waals surface area contributed by atoms with Crippen LogP contribution < -0.4 is 5.32 Å². The molecule has 3 unspecified atom stereocenters. The van der Waals surface area contributed by atoms with Gasteiger partial charge in [-0.15, -0.1) is 11.3 Å². The number of imidazole rings is 1. The van der Waals surface area contributed by atoms with E-state index in [1.807, 2.05) is 23.9 Å². The van der Waals surface area contributed by atoms with E-state index in [-0.39, 0.29) is 0 Å². The van der Waals surface area contributed by atoms with Crippen LogP contribution in [-0.2, 0) is 6.54 Å². The number of nitrogens with one attached hydrogen (secondary N) is 1. The maximum absolute atomic E-state index is 5.12. The highest BCUT2D eigenvalue weighted by Crippen LogP contribution is 2.27. The lowest BCUT2D eigenvalue weighted by atomic mass is 9.93. The number of aromatic nitrogens is 2. The van der Waals surface area contributed by atoms with Gasteiger partial charge in [0.05, 0.1) is 12.4 Å². The SMILES string of the molecule is CCNC(=NCC1CCCN(Cc2cccs2)C1)N1CCC(C)C(n2ccnc2)C1. The highest BCUT2D eigenvalue weighted by atomic mass is 32.1. The van der Waals surface area contributed by atoms with Gasteiger partial charge in [0.25, 0.3) is 0 Å². The predicted molar refractivity (Wildman–Crippen MR) is 125 cm³/mol. The monoisotopic (exact) mass is 428 g/mol. The number of nitrogens with zero attached hydrogens (tertiary/aromatic N) is 5. The number of rotatable bonds is 6. The van der Waals surface area contributed by atoms with Gasteiger partial charge in [-0.2, -0.15) is 0 Å². The quantitative estimate of drug-likeness (QED) is 0.563. The minimum atomic E-state index is 0.459. The van der Waals surface area contributed by atoms with E-state index in [1.165, 1.54) is 30.7 Å². The first-order valence-electron chi connectivity index (χ1n) is 11.5. The van der Waals surface area contributed by atoms with Crippen molar-refractivity contribution >= 4 is 17.3 Å². The van der Waals surface area contributed by atoms with Gasteiger partial charge in [-0.25, -0.2) is 4.98 Å². The van der Waals surface area contributed by atoms with Crippen molar-refractivity contribution in [2.24, 2.45) is 16.8 Å². The summed E-state index contributed by atoms with van der Waals surface area (Å²) < 4.78 is 2.27. The molecule has 4 rings (SSSR count). The van der Waals surface area contributed by atoms with Crippen LogP contribution in [0.15, 0.2) is 41.2 Å². The molecular weight excluding hydrogens is 392 g/mol. The third-order valence-corrected chi connectivity index (χ3v) is 7.38. The molecule has 4 heterocycles. The number of hydrogen-bond acceptors (Lipinski definition) is 4. The molecule has 2 aliphatic heterocycles. The Morgan fingerprint density at radius 1 is 1.30 bits per heavy atom. The molecule has 0 saturated carbocycles. The predicted octanol–water partition coefficient (Wildman–Crippen LogP) is 3.71. The summed E-state index contributed by atoms with van der Waals surface area (Å²) in [4.78, 5) is 15.9. The summed E-state index contributed by atoms with van der Waals surface area (Å²) in [5.41, 5.74) is 0. The first kappa shape index (κ1) is 21.4. The Morgan fingerprint density at radius 3 is 3.00 bits per heavy atom. The fourth-order valence-corrected chi connectivity index (χ4v) is 5.55. The van der Waals surface area contributed by atoms with Crippen molar-refractivity contribution in [2.45, 2.75) is 45.7 Å². The van der Waals surface area contributed by atoms with Crippen molar-refractivity contribution in [1.29, 1.82) is 0 Å². The van der Waals surface area contributed by atoms with Crippen molar-refractivity contribution in [1.82, 2.24) is 24.7 Å². The number of hydrogen-bond donors (Lipinski definition) is 1. The van der Waals surface area contributed by atoms with Crippen molar-refractivity contribution < 1.29 is 0 Å². The zero-order valence-corrected chi connectivity index (χ0v) is 19.2. The molecule has 2 fully saturated rings. The summed E-state index contributed by atoms with van der Waals surface area (Å²) in [5, 5.41) is 5.74. The van der Waals surface area contributed by atoms with Crippen LogP contribution in [0.2, 0.25) is 0 Å². The minimum Gasteiger partial charge on any atom is -0.357 e. The molecule has 1 N–H and O–H groups in total. The van der Waals surface area contributed by atoms with Gasteiger partial charge in [0.1, 0.15) is 0 Å². The fourth-order valence-electron chi connectivity index (χ4n) is 4.80. The van der Waals surface area contributed by atoms with Crippen LogP contribution >= 0.6 is 11.3 Å². The lowest BCUT2D eigenvalue weighted by Gasteiger charge is -2.39. The van der Waals surface area contributed by atoms with Gasteiger partial charge in [-0.3, -0.25) is 9.89 Å². The first-order chi connectivity index (χ1) is 14.7. The summed E-state index contributed by atoms with van der Waals surface area (Å²) in [6, 6.07) is 4.87. The average molecular weight is 429 g/mol. The van der Waals surface area contributed by atoms with E-state index in [0.29, 0.717) is 17.9 Å². The van der Waals surface area contributed by atoms with Crippen LogP contribution in [0.4, 0.5) is 0 Å². The second-order valence-corrected chi connectivity index (χ2v) is 9.84. The lowest BCUT2D eigenvalue weighted by molar-refractivity contribution is 0.170. The maximum Gasteiger partial charge on any atom is 0.193 e. The molecule has 0 radical (unpaired) electrons. The van der Waals surface area contributed by atoms with E-state index in [9.17, 15) is 0 Å². The molecule has 0 spiro atoms. The second kappa shape index (κ2) is 10.4. The molecule has 30 heavy (non-hydrogen) atoms. The zero-order valence-electron chi connectivity index (χ0n) is 18.4. The molecule has 0 aromatic carbocycles. The number of likely N-dealkylation sites (tertiary alicyclic amines) is 2. The Labute approximate surface area is 185 Å². The summed E-state index contributed by atoms with van der Waals surface area (Å²) in [7, 11) is 0. The maximum atomic E-state index is 5.12. The Kier molecular flexibility index (Phi) is 7.44. The molecule has 2 aliphatic rings.